The van der Waals surface area contributed by atoms with E-state index in [1.54, 1.807) is 4.90 Å². The molecule has 7 nitrogen and oxygen atoms in total. The number of fused-ring (bicyclic) bond motifs is 1. The zero-order valence-electron chi connectivity index (χ0n) is 11.6. The third kappa shape index (κ3) is 2.03. The molecule has 1 aromatic heterocycles. The van der Waals surface area contributed by atoms with E-state index in [9.17, 15) is 9.59 Å². The number of urea groups is 1. The summed E-state index contributed by atoms with van der Waals surface area (Å²) in [6.07, 6.45) is 2.73. The number of hydrogen-bond acceptors (Lipinski definition) is 3. The van der Waals surface area contributed by atoms with E-state index in [4.69, 9.17) is 5.73 Å². The summed E-state index contributed by atoms with van der Waals surface area (Å²) in [5.74, 6) is -0.0428. The Bertz CT molecular complexity index is 553. The Labute approximate surface area is 117 Å². The number of carbonyl (C=O) groups excluding carboxylic acids is 2. The molecule has 20 heavy (non-hydrogen) atoms. The van der Waals surface area contributed by atoms with E-state index in [0.717, 1.165) is 30.6 Å². The lowest BCUT2D eigenvalue weighted by Crippen LogP contribution is -2.40. The van der Waals surface area contributed by atoms with Gasteiger partial charge in [-0.3, -0.25) is 9.89 Å². The third-order valence-electron chi connectivity index (χ3n) is 4.26. The zero-order chi connectivity index (χ0) is 14.3. The van der Waals surface area contributed by atoms with Crippen LogP contribution in [0.5, 0.6) is 0 Å². The van der Waals surface area contributed by atoms with E-state index in [1.165, 1.54) is 0 Å². The molecular formula is C13H19N5O2. The maximum Gasteiger partial charge on any atom is 0.315 e. The van der Waals surface area contributed by atoms with Crippen LogP contribution in [0.15, 0.2) is 0 Å². The predicted molar refractivity (Wildman–Crippen MR) is 72.0 cm³/mol. The number of rotatable bonds is 1. The van der Waals surface area contributed by atoms with Crippen molar-refractivity contribution in [3.8, 4) is 0 Å². The summed E-state index contributed by atoms with van der Waals surface area (Å²) in [7, 11) is 0. The highest BCUT2D eigenvalue weighted by Crippen LogP contribution is 2.24. The molecule has 0 aromatic carbocycles. The second kappa shape index (κ2) is 4.81. The third-order valence-corrected chi connectivity index (χ3v) is 4.26. The Morgan fingerprint density at radius 3 is 2.85 bits per heavy atom. The van der Waals surface area contributed by atoms with Gasteiger partial charge in [0.2, 0.25) is 0 Å². The Balaban J connectivity index is 1.87. The molecule has 2 aliphatic rings. The number of H-pyrrole nitrogens is 1. The number of aromatic nitrogens is 2. The van der Waals surface area contributed by atoms with Crippen molar-refractivity contribution in [3.63, 3.8) is 0 Å². The van der Waals surface area contributed by atoms with Crippen molar-refractivity contribution < 1.29 is 9.59 Å². The molecule has 0 bridgehead atoms. The number of primary amides is 1. The lowest BCUT2D eigenvalue weighted by Gasteiger charge is -2.26. The number of carbonyl (C=O) groups is 2. The molecular weight excluding hydrogens is 258 g/mol. The van der Waals surface area contributed by atoms with Crippen LogP contribution in [0.3, 0.4) is 0 Å². The van der Waals surface area contributed by atoms with Crippen molar-refractivity contribution in [2.75, 3.05) is 13.1 Å². The van der Waals surface area contributed by atoms with Crippen molar-refractivity contribution in [1.29, 1.82) is 0 Å². The fourth-order valence-corrected chi connectivity index (χ4v) is 3.03. The molecule has 108 valence electrons. The Morgan fingerprint density at radius 1 is 1.40 bits per heavy atom. The summed E-state index contributed by atoms with van der Waals surface area (Å²) in [4.78, 5) is 27.3. The van der Waals surface area contributed by atoms with Gasteiger partial charge in [-0.1, -0.05) is 0 Å². The van der Waals surface area contributed by atoms with Crippen LogP contribution in [-0.4, -0.2) is 51.1 Å². The molecule has 3 rings (SSSR count). The number of aromatic amines is 1. The predicted octanol–water partition coefficient (Wildman–Crippen LogP) is 0.471. The monoisotopic (exact) mass is 277 g/mol. The molecule has 3 amide bonds. The van der Waals surface area contributed by atoms with Gasteiger partial charge in [0, 0.05) is 36.8 Å². The van der Waals surface area contributed by atoms with Crippen LogP contribution in [0.1, 0.15) is 41.5 Å². The molecule has 2 aliphatic heterocycles. The second-order valence-electron chi connectivity index (χ2n) is 5.53. The number of amides is 3. The number of nitrogens with two attached hydrogens (primary N) is 1. The highest BCUT2D eigenvalue weighted by Gasteiger charge is 2.32. The molecule has 0 radical (unpaired) electrons. The summed E-state index contributed by atoms with van der Waals surface area (Å²) in [6, 6.07) is -0.199. The fourth-order valence-electron chi connectivity index (χ4n) is 3.03. The van der Waals surface area contributed by atoms with Gasteiger partial charge in [0.05, 0.1) is 6.54 Å². The van der Waals surface area contributed by atoms with Gasteiger partial charge in [-0.2, -0.15) is 5.10 Å². The molecule has 0 unspecified atom stereocenters. The van der Waals surface area contributed by atoms with Crippen LogP contribution in [0, 0.1) is 0 Å². The molecule has 1 saturated heterocycles. The first kappa shape index (κ1) is 13.0. The molecule has 0 spiro atoms. The largest absolute Gasteiger partial charge is 0.351 e. The molecule has 3 N–H and O–H groups in total. The highest BCUT2D eigenvalue weighted by atomic mass is 16.2. The Hall–Kier alpha value is -2.05. The van der Waals surface area contributed by atoms with Crippen molar-refractivity contribution in [1.82, 2.24) is 20.0 Å². The SMILES string of the molecule is C[C@H]1CCCN1C(=O)c1n[nH]c2c1CN(C(N)=O)CC2. The van der Waals surface area contributed by atoms with E-state index in [1.807, 2.05) is 4.90 Å². The van der Waals surface area contributed by atoms with E-state index in [-0.39, 0.29) is 11.9 Å². The van der Waals surface area contributed by atoms with Gasteiger partial charge in [-0.15, -0.1) is 0 Å². The second-order valence-corrected chi connectivity index (χ2v) is 5.53. The maximum atomic E-state index is 12.6. The van der Waals surface area contributed by atoms with E-state index in [2.05, 4.69) is 17.1 Å². The first-order chi connectivity index (χ1) is 9.58. The number of likely N-dealkylation sites (tertiary alicyclic amines) is 1. The summed E-state index contributed by atoms with van der Waals surface area (Å²) in [5.41, 5.74) is 7.53. The van der Waals surface area contributed by atoms with Crippen molar-refractivity contribution in [2.45, 2.75) is 38.8 Å². The quantitative estimate of drug-likeness (QED) is 0.781. The lowest BCUT2D eigenvalue weighted by molar-refractivity contribution is 0.0739. The van der Waals surface area contributed by atoms with Gasteiger partial charge in [-0.25, -0.2) is 4.79 Å². The van der Waals surface area contributed by atoms with E-state index in [0.29, 0.717) is 25.2 Å². The summed E-state index contributed by atoms with van der Waals surface area (Å²) in [6.45, 7) is 3.77. The van der Waals surface area contributed by atoms with Crippen LogP contribution in [-0.2, 0) is 13.0 Å². The van der Waals surface area contributed by atoms with E-state index < -0.39 is 6.03 Å². The number of nitrogens with zero attached hydrogens (tertiary/aromatic N) is 3. The summed E-state index contributed by atoms with van der Waals surface area (Å²) in [5, 5.41) is 7.10. The van der Waals surface area contributed by atoms with E-state index >= 15 is 0 Å². The fraction of sp³-hybridized carbons (Fsp3) is 0.615. The summed E-state index contributed by atoms with van der Waals surface area (Å²) < 4.78 is 0. The Kier molecular flexibility index (Phi) is 3.11. The number of hydrogen-bond donors (Lipinski definition) is 2. The lowest BCUT2D eigenvalue weighted by atomic mass is 10.0. The minimum Gasteiger partial charge on any atom is -0.351 e. The molecule has 1 atom stereocenters. The highest BCUT2D eigenvalue weighted by molar-refractivity contribution is 5.94. The van der Waals surface area contributed by atoms with Gasteiger partial charge in [0.25, 0.3) is 5.91 Å². The van der Waals surface area contributed by atoms with Gasteiger partial charge in [-0.05, 0) is 19.8 Å². The first-order valence-corrected chi connectivity index (χ1v) is 6.99. The molecule has 1 aromatic rings. The Morgan fingerprint density at radius 2 is 2.20 bits per heavy atom. The maximum absolute atomic E-state index is 12.6. The topological polar surface area (TPSA) is 95.3 Å². The average molecular weight is 277 g/mol. The van der Waals surface area contributed by atoms with Crippen LogP contribution < -0.4 is 5.73 Å². The van der Waals surface area contributed by atoms with Crippen LogP contribution in [0.4, 0.5) is 4.79 Å². The standard InChI is InChI=1S/C13H19N5O2/c1-8-3-2-5-18(8)12(19)11-9-7-17(13(14)20)6-4-10(9)15-16-11/h8H,2-7H2,1H3,(H2,14,20)(H,15,16)/t8-/m0/s1. The zero-order valence-corrected chi connectivity index (χ0v) is 11.6. The minimum absolute atomic E-state index is 0.0428. The van der Waals surface area contributed by atoms with Gasteiger partial charge in [0.15, 0.2) is 5.69 Å². The van der Waals surface area contributed by atoms with Gasteiger partial charge in [0.1, 0.15) is 0 Å². The van der Waals surface area contributed by atoms with Crippen LogP contribution in [0.2, 0.25) is 0 Å². The van der Waals surface area contributed by atoms with Gasteiger partial charge < -0.3 is 15.5 Å². The molecule has 0 aliphatic carbocycles. The molecule has 3 heterocycles. The van der Waals surface area contributed by atoms with Crippen LogP contribution >= 0.6 is 0 Å². The summed E-state index contributed by atoms with van der Waals surface area (Å²) >= 11 is 0. The average Bonchev–Trinajstić information content (AvgIpc) is 3.03. The van der Waals surface area contributed by atoms with Crippen LogP contribution in [0.25, 0.3) is 0 Å². The molecule has 1 fully saturated rings. The molecule has 0 saturated carbocycles. The van der Waals surface area contributed by atoms with Crippen molar-refractivity contribution in [3.05, 3.63) is 17.0 Å². The van der Waals surface area contributed by atoms with Crippen molar-refractivity contribution in [2.24, 2.45) is 5.73 Å². The number of nitrogens with one attached hydrogen (secondary N) is 1. The smallest absolute Gasteiger partial charge is 0.315 e. The molecule has 7 heteroatoms. The minimum atomic E-state index is -0.454. The first-order valence-electron chi connectivity index (χ1n) is 6.99. The van der Waals surface area contributed by atoms with Gasteiger partial charge >= 0.3 is 6.03 Å². The normalized spacial score (nSPS) is 21.9. The van der Waals surface area contributed by atoms with Crippen molar-refractivity contribution >= 4 is 11.9 Å².